The van der Waals surface area contributed by atoms with Gasteiger partial charge in [-0.2, -0.15) is 5.10 Å². The van der Waals surface area contributed by atoms with Gasteiger partial charge in [0, 0.05) is 12.1 Å². The van der Waals surface area contributed by atoms with Crippen molar-refractivity contribution < 1.29 is 9.66 Å². The van der Waals surface area contributed by atoms with Gasteiger partial charge < -0.3 is 4.74 Å². The van der Waals surface area contributed by atoms with Gasteiger partial charge in [0.1, 0.15) is 5.75 Å². The summed E-state index contributed by atoms with van der Waals surface area (Å²) in [5.74, 6) is 0.885. The quantitative estimate of drug-likeness (QED) is 0.468. The standard InChI is InChI=1S/C19H21N3O3/c23-22(24)17-6-4-5-16(13-17)21-20-14-15-9-11-19(12-10-15)25-18-7-2-1-3-8-18/h4-6,9-14,18,21H,1-3,7-8H2. The molecule has 25 heavy (non-hydrogen) atoms. The number of nitro benzene ring substituents is 1. The largest absolute Gasteiger partial charge is 0.490 e. The zero-order valence-electron chi connectivity index (χ0n) is 13.9. The molecular formula is C19H21N3O3. The van der Waals surface area contributed by atoms with Crippen LogP contribution >= 0.6 is 0 Å². The minimum atomic E-state index is -0.431. The zero-order valence-corrected chi connectivity index (χ0v) is 13.9. The van der Waals surface area contributed by atoms with Gasteiger partial charge >= 0.3 is 0 Å². The second kappa shape index (κ2) is 8.28. The Morgan fingerprint density at radius 3 is 2.60 bits per heavy atom. The van der Waals surface area contributed by atoms with Crippen LogP contribution in [-0.4, -0.2) is 17.2 Å². The number of benzene rings is 2. The van der Waals surface area contributed by atoms with E-state index in [1.807, 2.05) is 24.3 Å². The fraction of sp³-hybridized carbons (Fsp3) is 0.316. The molecule has 3 rings (SSSR count). The first kappa shape index (κ1) is 17.0. The number of ether oxygens (including phenoxy) is 1. The molecule has 0 spiro atoms. The topological polar surface area (TPSA) is 76.8 Å². The van der Waals surface area contributed by atoms with E-state index < -0.39 is 4.92 Å². The van der Waals surface area contributed by atoms with Crippen LogP contribution in [0, 0.1) is 10.1 Å². The summed E-state index contributed by atoms with van der Waals surface area (Å²) in [7, 11) is 0. The highest BCUT2D eigenvalue weighted by Crippen LogP contribution is 2.23. The first-order chi connectivity index (χ1) is 12.2. The number of non-ortho nitro benzene ring substituents is 1. The molecule has 6 nitrogen and oxygen atoms in total. The fourth-order valence-corrected chi connectivity index (χ4v) is 2.88. The highest BCUT2D eigenvalue weighted by Gasteiger charge is 2.14. The summed E-state index contributed by atoms with van der Waals surface area (Å²) < 4.78 is 6.00. The molecule has 0 atom stereocenters. The lowest BCUT2D eigenvalue weighted by Gasteiger charge is -2.22. The number of hydrazone groups is 1. The van der Waals surface area contributed by atoms with Crippen LogP contribution in [0.3, 0.4) is 0 Å². The summed E-state index contributed by atoms with van der Waals surface area (Å²) in [4.78, 5) is 10.3. The van der Waals surface area contributed by atoms with E-state index in [1.165, 1.54) is 31.4 Å². The molecule has 1 aliphatic carbocycles. The molecule has 0 unspecified atom stereocenters. The van der Waals surface area contributed by atoms with Gasteiger partial charge in [0.2, 0.25) is 0 Å². The first-order valence-corrected chi connectivity index (χ1v) is 8.51. The summed E-state index contributed by atoms with van der Waals surface area (Å²) in [6, 6.07) is 14.0. The van der Waals surface area contributed by atoms with Crippen molar-refractivity contribution in [2.45, 2.75) is 38.2 Å². The van der Waals surface area contributed by atoms with E-state index in [1.54, 1.807) is 18.3 Å². The monoisotopic (exact) mass is 339 g/mol. The maximum absolute atomic E-state index is 10.8. The Balaban J connectivity index is 1.54. The van der Waals surface area contributed by atoms with Crippen LogP contribution < -0.4 is 10.2 Å². The fourth-order valence-electron chi connectivity index (χ4n) is 2.88. The maximum Gasteiger partial charge on any atom is 0.271 e. The Hall–Kier alpha value is -2.89. The van der Waals surface area contributed by atoms with E-state index in [-0.39, 0.29) is 5.69 Å². The lowest BCUT2D eigenvalue weighted by atomic mass is 9.98. The van der Waals surface area contributed by atoms with Crippen molar-refractivity contribution >= 4 is 17.6 Å². The van der Waals surface area contributed by atoms with Gasteiger partial charge in [-0.15, -0.1) is 0 Å². The molecule has 1 aliphatic rings. The maximum atomic E-state index is 10.8. The number of anilines is 1. The van der Waals surface area contributed by atoms with E-state index >= 15 is 0 Å². The molecule has 0 aliphatic heterocycles. The molecule has 2 aromatic carbocycles. The SMILES string of the molecule is O=[N+]([O-])c1cccc(NN=Cc2ccc(OC3CCCCC3)cc2)c1. The number of hydrogen-bond donors (Lipinski definition) is 1. The average molecular weight is 339 g/mol. The second-order valence-electron chi connectivity index (χ2n) is 6.12. The lowest BCUT2D eigenvalue weighted by molar-refractivity contribution is -0.384. The van der Waals surface area contributed by atoms with Gasteiger partial charge in [0.05, 0.1) is 22.9 Å². The molecule has 2 aromatic rings. The minimum absolute atomic E-state index is 0.0319. The Morgan fingerprint density at radius 1 is 1.12 bits per heavy atom. The van der Waals surface area contributed by atoms with Gasteiger partial charge in [-0.3, -0.25) is 15.5 Å². The molecule has 0 radical (unpaired) electrons. The van der Waals surface area contributed by atoms with Crippen molar-refractivity contribution in [3.63, 3.8) is 0 Å². The van der Waals surface area contributed by atoms with Crippen molar-refractivity contribution in [2.24, 2.45) is 5.10 Å². The summed E-state index contributed by atoms with van der Waals surface area (Å²) >= 11 is 0. The summed E-state index contributed by atoms with van der Waals surface area (Å²) in [6.07, 6.45) is 8.09. The molecule has 0 saturated heterocycles. The number of nitrogens with one attached hydrogen (secondary N) is 1. The Bertz CT molecular complexity index is 738. The Kier molecular flexibility index (Phi) is 5.61. The zero-order chi connectivity index (χ0) is 17.5. The summed E-state index contributed by atoms with van der Waals surface area (Å²) in [5, 5.41) is 14.9. The third-order valence-corrected chi connectivity index (χ3v) is 4.20. The van der Waals surface area contributed by atoms with Crippen LogP contribution in [0.25, 0.3) is 0 Å². The molecule has 0 aromatic heterocycles. The third-order valence-electron chi connectivity index (χ3n) is 4.20. The van der Waals surface area contributed by atoms with E-state index in [4.69, 9.17) is 4.74 Å². The smallest absolute Gasteiger partial charge is 0.271 e. The van der Waals surface area contributed by atoms with Crippen LogP contribution in [0.1, 0.15) is 37.7 Å². The molecule has 0 amide bonds. The highest BCUT2D eigenvalue weighted by atomic mass is 16.6. The van der Waals surface area contributed by atoms with Crippen molar-refractivity contribution in [3.05, 3.63) is 64.2 Å². The van der Waals surface area contributed by atoms with Gasteiger partial charge in [0.25, 0.3) is 5.69 Å². The molecule has 1 N–H and O–H groups in total. The predicted octanol–water partition coefficient (Wildman–Crippen LogP) is 4.75. The number of hydrogen-bond acceptors (Lipinski definition) is 5. The van der Waals surface area contributed by atoms with Gasteiger partial charge in [-0.05, 0) is 61.6 Å². The molecule has 0 heterocycles. The molecule has 1 fully saturated rings. The second-order valence-corrected chi connectivity index (χ2v) is 6.12. The van der Waals surface area contributed by atoms with E-state index in [2.05, 4.69) is 10.5 Å². The highest BCUT2D eigenvalue weighted by molar-refractivity contribution is 5.80. The van der Waals surface area contributed by atoms with Crippen molar-refractivity contribution in [2.75, 3.05) is 5.43 Å². The Morgan fingerprint density at radius 2 is 1.88 bits per heavy atom. The van der Waals surface area contributed by atoms with Crippen molar-refractivity contribution in [1.29, 1.82) is 0 Å². The number of nitro groups is 1. The Labute approximate surface area is 146 Å². The van der Waals surface area contributed by atoms with Gasteiger partial charge in [-0.25, -0.2) is 0 Å². The minimum Gasteiger partial charge on any atom is -0.490 e. The predicted molar refractivity (Wildman–Crippen MR) is 98.3 cm³/mol. The van der Waals surface area contributed by atoms with Crippen LogP contribution in [0.5, 0.6) is 5.75 Å². The molecule has 0 bridgehead atoms. The third kappa shape index (κ3) is 5.04. The summed E-state index contributed by atoms with van der Waals surface area (Å²) in [6.45, 7) is 0. The van der Waals surface area contributed by atoms with E-state index in [9.17, 15) is 10.1 Å². The first-order valence-electron chi connectivity index (χ1n) is 8.51. The molecule has 6 heteroatoms. The molecule has 1 saturated carbocycles. The van der Waals surface area contributed by atoms with Crippen LogP contribution in [0.4, 0.5) is 11.4 Å². The van der Waals surface area contributed by atoms with Gasteiger partial charge in [-0.1, -0.05) is 12.5 Å². The lowest BCUT2D eigenvalue weighted by Crippen LogP contribution is -2.19. The number of rotatable bonds is 6. The van der Waals surface area contributed by atoms with E-state index in [0.717, 1.165) is 24.2 Å². The van der Waals surface area contributed by atoms with Crippen molar-refractivity contribution in [1.82, 2.24) is 0 Å². The van der Waals surface area contributed by atoms with Crippen LogP contribution in [-0.2, 0) is 0 Å². The average Bonchev–Trinajstić information content (AvgIpc) is 2.64. The van der Waals surface area contributed by atoms with E-state index in [0.29, 0.717) is 11.8 Å². The van der Waals surface area contributed by atoms with Gasteiger partial charge in [0.15, 0.2) is 0 Å². The molecular weight excluding hydrogens is 318 g/mol. The summed E-state index contributed by atoms with van der Waals surface area (Å²) in [5.41, 5.74) is 4.33. The van der Waals surface area contributed by atoms with Crippen LogP contribution in [0.2, 0.25) is 0 Å². The van der Waals surface area contributed by atoms with Crippen LogP contribution in [0.15, 0.2) is 53.6 Å². The molecule has 130 valence electrons. The normalized spacial score (nSPS) is 15.2. The van der Waals surface area contributed by atoms with Crippen molar-refractivity contribution in [3.8, 4) is 5.75 Å². The number of nitrogens with zero attached hydrogens (tertiary/aromatic N) is 2.